The molecule has 2 saturated heterocycles. The van der Waals surface area contributed by atoms with Gasteiger partial charge >= 0.3 is 0 Å². The molecule has 2 aliphatic heterocycles. The monoisotopic (exact) mass is 404 g/mol. The van der Waals surface area contributed by atoms with Crippen LogP contribution < -0.4 is 4.90 Å². The highest BCUT2D eigenvalue weighted by Gasteiger charge is 2.49. The summed E-state index contributed by atoms with van der Waals surface area (Å²) in [5.74, 6) is 0.0288. The van der Waals surface area contributed by atoms with Gasteiger partial charge in [0.15, 0.2) is 9.84 Å². The lowest BCUT2D eigenvalue weighted by Crippen LogP contribution is -2.61. The fourth-order valence-electron chi connectivity index (χ4n) is 4.00. The van der Waals surface area contributed by atoms with Crippen molar-refractivity contribution in [3.05, 3.63) is 64.7 Å². The Morgan fingerprint density at radius 1 is 1.00 bits per heavy atom. The maximum atomic E-state index is 13.0. The van der Waals surface area contributed by atoms with Crippen molar-refractivity contribution in [1.82, 2.24) is 4.90 Å². The molecule has 27 heavy (non-hydrogen) atoms. The Bertz CT molecular complexity index is 958. The number of carbonyl (C=O) groups is 1. The van der Waals surface area contributed by atoms with Crippen LogP contribution in [0.5, 0.6) is 0 Å². The van der Waals surface area contributed by atoms with Gasteiger partial charge < -0.3 is 4.90 Å². The molecule has 2 aliphatic rings. The number of sulfone groups is 1. The minimum absolute atomic E-state index is 0.00833. The van der Waals surface area contributed by atoms with E-state index in [1.165, 1.54) is 0 Å². The van der Waals surface area contributed by atoms with Gasteiger partial charge in [-0.1, -0.05) is 41.4 Å². The summed E-state index contributed by atoms with van der Waals surface area (Å²) in [6, 6.07) is 14.6. The summed E-state index contributed by atoms with van der Waals surface area (Å²) in [5.41, 5.74) is 2.88. The van der Waals surface area contributed by atoms with Crippen molar-refractivity contribution < 1.29 is 13.2 Å². The number of hydrogen-bond donors (Lipinski definition) is 0. The van der Waals surface area contributed by atoms with Crippen molar-refractivity contribution in [2.45, 2.75) is 25.6 Å². The van der Waals surface area contributed by atoms with Gasteiger partial charge in [0.1, 0.15) is 0 Å². The van der Waals surface area contributed by atoms with E-state index in [1.54, 1.807) is 4.90 Å². The number of halogens is 1. The Morgan fingerprint density at radius 3 is 2.30 bits per heavy atom. The third-order valence-corrected chi connectivity index (χ3v) is 7.26. The molecule has 1 amide bonds. The number of hydrogen-bond acceptors (Lipinski definition) is 4. The molecule has 0 saturated carbocycles. The molecular weight excluding hydrogens is 384 g/mol. The van der Waals surface area contributed by atoms with Crippen molar-refractivity contribution in [3.63, 3.8) is 0 Å². The van der Waals surface area contributed by atoms with Gasteiger partial charge in [0.25, 0.3) is 0 Å². The summed E-state index contributed by atoms with van der Waals surface area (Å²) in [5, 5.41) is 0.653. The number of fused-ring (bicyclic) bond motifs is 1. The van der Waals surface area contributed by atoms with Crippen molar-refractivity contribution in [1.29, 1.82) is 0 Å². The van der Waals surface area contributed by atoms with Gasteiger partial charge in [0.2, 0.25) is 5.91 Å². The van der Waals surface area contributed by atoms with Gasteiger partial charge in [-0.25, -0.2) is 8.42 Å². The van der Waals surface area contributed by atoms with Crippen LogP contribution in [0.2, 0.25) is 5.02 Å². The van der Waals surface area contributed by atoms with Gasteiger partial charge in [-0.2, -0.15) is 0 Å². The maximum absolute atomic E-state index is 13.0. The lowest BCUT2D eigenvalue weighted by molar-refractivity contribution is -0.123. The first-order chi connectivity index (χ1) is 12.8. The summed E-state index contributed by atoms with van der Waals surface area (Å²) in [6.45, 7) is 2.72. The fraction of sp³-hybridized carbons (Fsp3) is 0.350. The highest BCUT2D eigenvalue weighted by molar-refractivity contribution is 7.91. The molecule has 2 fully saturated rings. The van der Waals surface area contributed by atoms with E-state index < -0.39 is 9.84 Å². The summed E-state index contributed by atoms with van der Waals surface area (Å²) >= 11 is 5.95. The summed E-state index contributed by atoms with van der Waals surface area (Å²) in [4.78, 5) is 16.6. The van der Waals surface area contributed by atoms with Crippen molar-refractivity contribution >= 4 is 33.0 Å². The molecule has 2 atom stereocenters. The summed E-state index contributed by atoms with van der Waals surface area (Å²) in [6.07, 6.45) is 0. The quantitative estimate of drug-likeness (QED) is 0.789. The normalized spacial score (nSPS) is 24.8. The second-order valence-electron chi connectivity index (χ2n) is 7.34. The molecule has 0 radical (unpaired) electrons. The molecular formula is C20H21ClN2O3S. The van der Waals surface area contributed by atoms with Crippen molar-refractivity contribution in [3.8, 4) is 0 Å². The van der Waals surface area contributed by atoms with E-state index >= 15 is 0 Å². The van der Waals surface area contributed by atoms with E-state index in [0.29, 0.717) is 11.6 Å². The van der Waals surface area contributed by atoms with Crippen LogP contribution in [0.25, 0.3) is 0 Å². The van der Waals surface area contributed by atoms with Crippen LogP contribution >= 0.6 is 11.6 Å². The van der Waals surface area contributed by atoms with Crippen LogP contribution in [0.4, 0.5) is 5.69 Å². The molecule has 2 aromatic carbocycles. The second-order valence-corrected chi connectivity index (χ2v) is 9.93. The molecule has 7 heteroatoms. The topological polar surface area (TPSA) is 57.7 Å². The van der Waals surface area contributed by atoms with Gasteiger partial charge in [-0.3, -0.25) is 9.69 Å². The lowest BCUT2D eigenvalue weighted by Gasteiger charge is -2.43. The zero-order chi connectivity index (χ0) is 19.2. The van der Waals surface area contributed by atoms with E-state index in [-0.39, 0.29) is 36.0 Å². The van der Waals surface area contributed by atoms with Crippen LogP contribution in [-0.2, 0) is 21.2 Å². The first kappa shape index (κ1) is 18.5. The first-order valence-corrected chi connectivity index (χ1v) is 11.1. The lowest BCUT2D eigenvalue weighted by atomic mass is 10.0. The largest absolute Gasteiger partial charge is 0.306 e. The molecule has 0 unspecified atom stereocenters. The minimum atomic E-state index is -3.19. The molecule has 0 N–H and O–H groups in total. The predicted octanol–water partition coefficient (Wildman–Crippen LogP) is 2.66. The Labute approximate surface area is 164 Å². The van der Waals surface area contributed by atoms with E-state index in [2.05, 4.69) is 0 Å². The van der Waals surface area contributed by atoms with E-state index in [1.807, 2.05) is 60.4 Å². The highest BCUT2D eigenvalue weighted by atomic mass is 35.5. The standard InChI is InChI=1S/C20H21ClN2O3S/c1-14-2-8-17(9-3-14)23-19-13-27(25,26)12-18(19)22(11-20(23)24)10-15-4-6-16(21)7-5-15/h2-9,18-19H,10-13H2,1H3/t18-,19-/m0/s1. The molecule has 5 nitrogen and oxygen atoms in total. The number of piperazine rings is 1. The summed E-state index contributed by atoms with van der Waals surface area (Å²) in [7, 11) is -3.19. The van der Waals surface area contributed by atoms with Gasteiger partial charge in [0, 0.05) is 23.3 Å². The summed E-state index contributed by atoms with van der Waals surface area (Å²) < 4.78 is 24.8. The number of rotatable bonds is 3. The minimum Gasteiger partial charge on any atom is -0.306 e. The molecule has 142 valence electrons. The number of benzene rings is 2. The Kier molecular flexibility index (Phi) is 4.74. The fourth-order valence-corrected chi connectivity index (χ4v) is 6.10. The van der Waals surface area contributed by atoms with Crippen LogP contribution in [-0.4, -0.2) is 49.4 Å². The average molecular weight is 405 g/mol. The maximum Gasteiger partial charge on any atom is 0.241 e. The molecule has 2 aromatic rings. The Balaban J connectivity index is 1.65. The van der Waals surface area contributed by atoms with Gasteiger partial charge in [-0.05, 0) is 36.8 Å². The van der Waals surface area contributed by atoms with Crippen molar-refractivity contribution in [2.24, 2.45) is 0 Å². The number of carbonyl (C=O) groups excluding carboxylic acids is 1. The molecule has 0 bridgehead atoms. The Hall–Kier alpha value is -1.89. The predicted molar refractivity (Wildman–Crippen MR) is 107 cm³/mol. The molecule has 0 aromatic heterocycles. The van der Waals surface area contributed by atoms with Crippen LogP contribution in [0.15, 0.2) is 48.5 Å². The second kappa shape index (κ2) is 6.93. The third-order valence-electron chi connectivity index (χ3n) is 5.31. The van der Waals surface area contributed by atoms with Crippen LogP contribution in [0, 0.1) is 6.92 Å². The highest BCUT2D eigenvalue weighted by Crippen LogP contribution is 2.32. The van der Waals surface area contributed by atoms with Crippen molar-refractivity contribution in [2.75, 3.05) is 23.0 Å². The number of amides is 1. The smallest absolute Gasteiger partial charge is 0.241 e. The first-order valence-electron chi connectivity index (χ1n) is 8.90. The Morgan fingerprint density at radius 2 is 1.63 bits per heavy atom. The van der Waals surface area contributed by atoms with Gasteiger partial charge in [-0.15, -0.1) is 0 Å². The van der Waals surface area contributed by atoms with E-state index in [4.69, 9.17) is 11.6 Å². The van der Waals surface area contributed by atoms with Crippen LogP contribution in [0.1, 0.15) is 11.1 Å². The number of anilines is 1. The van der Waals surface area contributed by atoms with Gasteiger partial charge in [0.05, 0.1) is 24.1 Å². The zero-order valence-corrected chi connectivity index (χ0v) is 16.6. The molecule has 4 rings (SSSR count). The number of aryl methyl sites for hydroxylation is 1. The van der Waals surface area contributed by atoms with Crippen LogP contribution in [0.3, 0.4) is 0 Å². The number of nitrogens with zero attached hydrogens (tertiary/aromatic N) is 2. The SMILES string of the molecule is Cc1ccc(N2C(=O)CN(Cc3ccc(Cl)cc3)[C@H]3CS(=O)(=O)C[C@@H]32)cc1. The zero-order valence-electron chi connectivity index (χ0n) is 15.0. The average Bonchev–Trinajstić information content (AvgIpc) is 2.93. The van der Waals surface area contributed by atoms with E-state index in [0.717, 1.165) is 16.8 Å². The van der Waals surface area contributed by atoms with E-state index in [9.17, 15) is 13.2 Å². The molecule has 2 heterocycles. The molecule has 0 aliphatic carbocycles. The molecule has 0 spiro atoms. The third kappa shape index (κ3) is 3.74.